The van der Waals surface area contributed by atoms with E-state index in [1.165, 1.54) is 16.7 Å². The lowest BCUT2D eigenvalue weighted by molar-refractivity contribution is -0.130. The van der Waals surface area contributed by atoms with Gasteiger partial charge in [-0.3, -0.25) is 14.3 Å². The van der Waals surface area contributed by atoms with Crippen LogP contribution in [-0.2, 0) is 22.6 Å². The van der Waals surface area contributed by atoms with Gasteiger partial charge in [0.05, 0.1) is 18.3 Å². The van der Waals surface area contributed by atoms with E-state index in [4.69, 9.17) is 5.10 Å². The summed E-state index contributed by atoms with van der Waals surface area (Å²) >= 11 is 0. The number of likely N-dealkylation sites (tertiary alicyclic amines) is 1. The number of benzene rings is 1. The average Bonchev–Trinajstić information content (AvgIpc) is 3.22. The van der Waals surface area contributed by atoms with Crippen molar-refractivity contribution in [3.63, 3.8) is 0 Å². The van der Waals surface area contributed by atoms with Gasteiger partial charge in [0.2, 0.25) is 11.8 Å². The molecule has 2 aliphatic heterocycles. The molecule has 0 radical (unpaired) electrons. The van der Waals surface area contributed by atoms with E-state index in [-0.39, 0.29) is 17.9 Å². The first-order valence-corrected chi connectivity index (χ1v) is 10.6. The lowest BCUT2D eigenvalue weighted by Crippen LogP contribution is -2.44. The van der Waals surface area contributed by atoms with E-state index in [0.29, 0.717) is 31.7 Å². The maximum Gasteiger partial charge on any atom is 0.222 e. The van der Waals surface area contributed by atoms with Crippen LogP contribution in [0.1, 0.15) is 47.3 Å². The second-order valence-corrected chi connectivity index (χ2v) is 8.56. The second kappa shape index (κ2) is 8.01. The van der Waals surface area contributed by atoms with Crippen LogP contribution in [0, 0.1) is 26.7 Å². The number of nitrogens with zero attached hydrogens (tertiary/aromatic N) is 3. The molecule has 0 bridgehead atoms. The normalized spacial score (nSPS) is 21.2. The van der Waals surface area contributed by atoms with Crippen LogP contribution in [0.3, 0.4) is 0 Å². The monoisotopic (exact) mass is 394 g/mol. The Balaban J connectivity index is 1.37. The molecule has 2 saturated heterocycles. The highest BCUT2D eigenvalue weighted by atomic mass is 16.2. The average molecular weight is 395 g/mol. The molecule has 2 unspecified atom stereocenters. The van der Waals surface area contributed by atoms with Crippen molar-refractivity contribution in [2.45, 2.75) is 59.0 Å². The van der Waals surface area contributed by atoms with Crippen LogP contribution in [0.5, 0.6) is 0 Å². The molecule has 2 atom stereocenters. The number of nitrogens with one attached hydrogen (secondary N) is 1. The van der Waals surface area contributed by atoms with Crippen molar-refractivity contribution in [3.05, 3.63) is 52.3 Å². The van der Waals surface area contributed by atoms with Gasteiger partial charge in [0.15, 0.2) is 0 Å². The van der Waals surface area contributed by atoms with E-state index in [1.807, 2.05) is 16.5 Å². The summed E-state index contributed by atoms with van der Waals surface area (Å²) < 4.78 is 2.04. The molecule has 4 rings (SSSR count). The van der Waals surface area contributed by atoms with Crippen molar-refractivity contribution >= 4 is 11.8 Å². The fourth-order valence-corrected chi connectivity index (χ4v) is 4.63. The minimum atomic E-state index is 0.118. The predicted octanol–water partition coefficient (Wildman–Crippen LogP) is 2.53. The van der Waals surface area contributed by atoms with E-state index in [1.54, 1.807) is 0 Å². The topological polar surface area (TPSA) is 67.2 Å². The number of aryl methyl sites for hydroxylation is 2. The van der Waals surface area contributed by atoms with Crippen molar-refractivity contribution in [2.75, 3.05) is 13.1 Å². The fourth-order valence-electron chi connectivity index (χ4n) is 4.63. The van der Waals surface area contributed by atoms with Crippen molar-refractivity contribution in [1.82, 2.24) is 20.0 Å². The number of piperidine rings is 1. The van der Waals surface area contributed by atoms with Gasteiger partial charge < -0.3 is 10.2 Å². The highest BCUT2D eigenvalue weighted by Gasteiger charge is 2.38. The molecule has 3 heterocycles. The van der Waals surface area contributed by atoms with Gasteiger partial charge in [-0.2, -0.15) is 5.10 Å². The maximum absolute atomic E-state index is 12.8. The predicted molar refractivity (Wildman–Crippen MR) is 112 cm³/mol. The Morgan fingerprint density at radius 1 is 1.17 bits per heavy atom. The summed E-state index contributed by atoms with van der Waals surface area (Å²) in [5, 5.41) is 7.75. The summed E-state index contributed by atoms with van der Waals surface area (Å²) in [6.45, 7) is 8.38. The Morgan fingerprint density at radius 3 is 2.69 bits per heavy atom. The van der Waals surface area contributed by atoms with Gasteiger partial charge in [0, 0.05) is 31.6 Å². The van der Waals surface area contributed by atoms with Crippen LogP contribution in [0.4, 0.5) is 0 Å². The third kappa shape index (κ3) is 4.21. The zero-order valence-corrected chi connectivity index (χ0v) is 17.6. The Morgan fingerprint density at radius 2 is 1.93 bits per heavy atom. The lowest BCUT2D eigenvalue weighted by atomic mass is 9.94. The molecule has 1 N–H and O–H groups in total. The molecule has 2 amide bonds. The molecule has 0 spiro atoms. The van der Waals surface area contributed by atoms with Gasteiger partial charge in [-0.15, -0.1) is 0 Å². The third-order valence-corrected chi connectivity index (χ3v) is 6.46. The maximum atomic E-state index is 12.8. The van der Waals surface area contributed by atoms with E-state index in [0.717, 1.165) is 30.9 Å². The molecule has 2 aliphatic rings. The van der Waals surface area contributed by atoms with Crippen molar-refractivity contribution in [1.29, 1.82) is 0 Å². The molecule has 1 aromatic heterocycles. The number of fused-ring (bicyclic) bond motifs is 1. The smallest absolute Gasteiger partial charge is 0.222 e. The zero-order chi connectivity index (χ0) is 20.5. The summed E-state index contributed by atoms with van der Waals surface area (Å²) in [5.41, 5.74) is 5.80. The van der Waals surface area contributed by atoms with Crippen LogP contribution in [0.2, 0.25) is 0 Å². The summed E-state index contributed by atoms with van der Waals surface area (Å²) in [6.07, 6.45) is 2.68. The number of amides is 2. The number of carbonyl (C=O) groups is 2. The quantitative estimate of drug-likeness (QED) is 0.847. The summed E-state index contributed by atoms with van der Waals surface area (Å²) in [4.78, 5) is 26.3. The number of aromatic nitrogens is 2. The van der Waals surface area contributed by atoms with Gasteiger partial charge in [0.25, 0.3) is 0 Å². The molecule has 0 aliphatic carbocycles. The van der Waals surface area contributed by atoms with Gasteiger partial charge in [0.1, 0.15) is 0 Å². The van der Waals surface area contributed by atoms with Gasteiger partial charge in [-0.25, -0.2) is 0 Å². The standard InChI is InChI=1S/C23H30N4O2/c1-15-4-6-18(7-5-15)12-27-17(3)20(16(2)25-27)9-11-23(29)26-13-19-8-10-22(28)24-21(19)14-26/h4-7,19,21H,8-14H2,1-3H3,(H,24,28). The van der Waals surface area contributed by atoms with Crippen molar-refractivity contribution < 1.29 is 9.59 Å². The van der Waals surface area contributed by atoms with Crippen LogP contribution in [-0.4, -0.2) is 45.6 Å². The third-order valence-electron chi connectivity index (χ3n) is 6.46. The number of hydrogen-bond donors (Lipinski definition) is 1. The second-order valence-electron chi connectivity index (χ2n) is 8.56. The molecule has 6 heteroatoms. The molecule has 0 saturated carbocycles. The summed E-state index contributed by atoms with van der Waals surface area (Å²) in [5.74, 6) is 0.712. The molecule has 1 aromatic carbocycles. The SMILES string of the molecule is Cc1ccc(Cn2nc(C)c(CCC(=O)N3CC4CCC(=O)NC4C3)c2C)cc1. The Hall–Kier alpha value is -2.63. The fraction of sp³-hybridized carbons (Fsp3) is 0.522. The van der Waals surface area contributed by atoms with Crippen molar-refractivity contribution in [2.24, 2.45) is 5.92 Å². The van der Waals surface area contributed by atoms with Crippen LogP contribution < -0.4 is 5.32 Å². The van der Waals surface area contributed by atoms with E-state index < -0.39 is 0 Å². The number of hydrogen-bond acceptors (Lipinski definition) is 3. The first kappa shape index (κ1) is 19.7. The summed E-state index contributed by atoms with van der Waals surface area (Å²) in [6, 6.07) is 8.66. The zero-order valence-electron chi connectivity index (χ0n) is 17.6. The molecular formula is C23H30N4O2. The van der Waals surface area contributed by atoms with Crippen LogP contribution in [0.25, 0.3) is 0 Å². The van der Waals surface area contributed by atoms with E-state index >= 15 is 0 Å². The van der Waals surface area contributed by atoms with E-state index in [9.17, 15) is 9.59 Å². The van der Waals surface area contributed by atoms with Crippen LogP contribution >= 0.6 is 0 Å². The molecular weight excluding hydrogens is 364 g/mol. The first-order chi connectivity index (χ1) is 13.9. The van der Waals surface area contributed by atoms with Crippen molar-refractivity contribution in [3.8, 4) is 0 Å². The van der Waals surface area contributed by atoms with Gasteiger partial charge >= 0.3 is 0 Å². The molecule has 154 valence electrons. The Kier molecular flexibility index (Phi) is 5.43. The first-order valence-electron chi connectivity index (χ1n) is 10.6. The van der Waals surface area contributed by atoms with Gasteiger partial charge in [-0.05, 0) is 50.7 Å². The summed E-state index contributed by atoms with van der Waals surface area (Å²) in [7, 11) is 0. The number of rotatable bonds is 5. The highest BCUT2D eigenvalue weighted by molar-refractivity contribution is 5.79. The Labute approximate surface area is 172 Å². The lowest BCUT2D eigenvalue weighted by Gasteiger charge is -2.24. The van der Waals surface area contributed by atoms with Crippen LogP contribution in [0.15, 0.2) is 24.3 Å². The molecule has 2 fully saturated rings. The highest BCUT2D eigenvalue weighted by Crippen LogP contribution is 2.26. The minimum absolute atomic E-state index is 0.118. The van der Waals surface area contributed by atoms with Gasteiger partial charge in [-0.1, -0.05) is 29.8 Å². The Bertz CT molecular complexity index is 916. The molecule has 6 nitrogen and oxygen atoms in total. The van der Waals surface area contributed by atoms with E-state index in [2.05, 4.69) is 43.4 Å². The molecule has 2 aromatic rings. The number of carbonyl (C=O) groups excluding carboxylic acids is 2. The largest absolute Gasteiger partial charge is 0.351 e. The minimum Gasteiger partial charge on any atom is -0.351 e. The molecule has 29 heavy (non-hydrogen) atoms.